The minimum Gasteiger partial charge on any atom is -0.481 e. The molecule has 1 N–H and O–H groups in total. The first-order valence-corrected chi connectivity index (χ1v) is 5.96. The highest BCUT2D eigenvalue weighted by atomic mass is 16.4. The Hall–Kier alpha value is -0.570. The van der Waals surface area contributed by atoms with Gasteiger partial charge in [0.25, 0.3) is 0 Å². The molecule has 1 fully saturated rings. The molecule has 0 unspecified atom stereocenters. The van der Waals surface area contributed by atoms with Gasteiger partial charge in [0.15, 0.2) is 0 Å². The largest absolute Gasteiger partial charge is 0.481 e. The van der Waals surface area contributed by atoms with Crippen molar-refractivity contribution in [2.24, 2.45) is 11.3 Å². The van der Waals surface area contributed by atoms with Crippen LogP contribution in [-0.4, -0.2) is 35.6 Å². The molecule has 1 saturated heterocycles. The molecule has 15 heavy (non-hydrogen) atoms. The average Bonchev–Trinajstić information content (AvgIpc) is 2.18. The van der Waals surface area contributed by atoms with Crippen LogP contribution in [0.2, 0.25) is 0 Å². The number of carboxylic acids is 1. The summed E-state index contributed by atoms with van der Waals surface area (Å²) in [7, 11) is 0. The van der Waals surface area contributed by atoms with Crippen LogP contribution in [0.3, 0.4) is 0 Å². The lowest BCUT2D eigenvalue weighted by molar-refractivity contribution is -0.152. The van der Waals surface area contributed by atoms with Crippen molar-refractivity contribution in [3.63, 3.8) is 0 Å². The van der Waals surface area contributed by atoms with E-state index in [0.717, 1.165) is 38.9 Å². The Labute approximate surface area is 92.5 Å². The van der Waals surface area contributed by atoms with Gasteiger partial charge < -0.3 is 10.0 Å². The maximum absolute atomic E-state index is 11.2. The fourth-order valence-electron chi connectivity index (χ4n) is 2.40. The number of rotatable bonds is 4. The molecule has 0 bridgehead atoms. The molecule has 0 aromatic carbocycles. The highest BCUT2D eigenvalue weighted by Gasteiger charge is 2.39. The number of hydrogen-bond acceptors (Lipinski definition) is 2. The van der Waals surface area contributed by atoms with Gasteiger partial charge in [-0.3, -0.25) is 4.79 Å². The highest BCUT2D eigenvalue weighted by molar-refractivity contribution is 5.74. The van der Waals surface area contributed by atoms with E-state index in [4.69, 9.17) is 0 Å². The van der Waals surface area contributed by atoms with Crippen LogP contribution >= 0.6 is 0 Å². The lowest BCUT2D eigenvalue weighted by Crippen LogP contribution is -2.45. The first kappa shape index (κ1) is 12.5. The summed E-state index contributed by atoms with van der Waals surface area (Å²) >= 11 is 0. The van der Waals surface area contributed by atoms with Gasteiger partial charge in [-0.15, -0.1) is 0 Å². The number of carbonyl (C=O) groups is 1. The lowest BCUT2D eigenvalue weighted by atomic mass is 9.76. The van der Waals surface area contributed by atoms with Gasteiger partial charge in [-0.05, 0) is 38.3 Å². The summed E-state index contributed by atoms with van der Waals surface area (Å²) in [5.41, 5.74) is -0.437. The Bertz CT molecular complexity index is 218. The van der Waals surface area contributed by atoms with Crippen molar-refractivity contribution in [1.82, 2.24) is 4.90 Å². The van der Waals surface area contributed by atoms with E-state index in [0.29, 0.717) is 5.92 Å². The van der Waals surface area contributed by atoms with Gasteiger partial charge in [-0.2, -0.15) is 0 Å². The van der Waals surface area contributed by atoms with E-state index in [1.807, 2.05) is 6.92 Å². The van der Waals surface area contributed by atoms with Crippen molar-refractivity contribution < 1.29 is 9.90 Å². The number of hydrogen-bond donors (Lipinski definition) is 1. The molecule has 3 nitrogen and oxygen atoms in total. The summed E-state index contributed by atoms with van der Waals surface area (Å²) in [6, 6.07) is 0. The van der Waals surface area contributed by atoms with E-state index in [1.54, 1.807) is 0 Å². The van der Waals surface area contributed by atoms with Crippen LogP contribution in [0.15, 0.2) is 0 Å². The zero-order chi connectivity index (χ0) is 11.5. The molecule has 1 aliphatic heterocycles. The summed E-state index contributed by atoms with van der Waals surface area (Å²) in [5, 5.41) is 9.24. The average molecular weight is 213 g/mol. The standard InChI is InChI=1S/C12H23NO2/c1-4-12(11(14)15)5-7-13(8-6-12)9-10(2)3/h10H,4-9H2,1-3H3,(H,14,15). The Kier molecular flexibility index (Phi) is 4.14. The second-order valence-electron chi connectivity index (χ2n) is 5.13. The molecule has 0 spiro atoms. The highest BCUT2D eigenvalue weighted by Crippen LogP contribution is 2.35. The summed E-state index contributed by atoms with van der Waals surface area (Å²) in [4.78, 5) is 13.6. The minimum atomic E-state index is -0.603. The van der Waals surface area contributed by atoms with E-state index in [2.05, 4.69) is 18.7 Å². The third kappa shape index (κ3) is 2.94. The molecule has 1 rings (SSSR count). The van der Waals surface area contributed by atoms with Gasteiger partial charge in [0, 0.05) is 6.54 Å². The van der Waals surface area contributed by atoms with Crippen LogP contribution in [0.25, 0.3) is 0 Å². The monoisotopic (exact) mass is 213 g/mol. The molecule has 1 heterocycles. The maximum Gasteiger partial charge on any atom is 0.309 e. The minimum absolute atomic E-state index is 0.437. The van der Waals surface area contributed by atoms with Crippen LogP contribution in [0.1, 0.15) is 40.0 Å². The van der Waals surface area contributed by atoms with Crippen molar-refractivity contribution in [2.75, 3.05) is 19.6 Å². The van der Waals surface area contributed by atoms with E-state index < -0.39 is 11.4 Å². The van der Waals surface area contributed by atoms with Gasteiger partial charge in [0.1, 0.15) is 0 Å². The fraction of sp³-hybridized carbons (Fsp3) is 0.917. The van der Waals surface area contributed by atoms with E-state index in [9.17, 15) is 9.90 Å². The SMILES string of the molecule is CCC1(C(=O)O)CCN(CC(C)C)CC1. The van der Waals surface area contributed by atoms with E-state index >= 15 is 0 Å². The molecule has 0 saturated carbocycles. The lowest BCUT2D eigenvalue weighted by Gasteiger charge is -2.38. The molecule has 1 aliphatic rings. The summed E-state index contributed by atoms with van der Waals surface area (Å²) < 4.78 is 0. The maximum atomic E-state index is 11.2. The first-order chi connectivity index (χ1) is 7.00. The number of carboxylic acid groups (broad SMARTS) is 1. The molecule has 0 aromatic heterocycles. The van der Waals surface area contributed by atoms with Crippen molar-refractivity contribution >= 4 is 5.97 Å². The summed E-state index contributed by atoms with van der Waals surface area (Å²) in [6.07, 6.45) is 2.38. The number of piperidine rings is 1. The molecule has 0 atom stereocenters. The Morgan fingerprint density at radius 2 is 1.93 bits per heavy atom. The first-order valence-electron chi connectivity index (χ1n) is 5.96. The molecular weight excluding hydrogens is 190 g/mol. The van der Waals surface area contributed by atoms with Gasteiger partial charge >= 0.3 is 5.97 Å². The van der Waals surface area contributed by atoms with E-state index in [-0.39, 0.29) is 0 Å². The molecular formula is C12H23NO2. The van der Waals surface area contributed by atoms with Crippen LogP contribution in [0.4, 0.5) is 0 Å². The molecule has 0 aliphatic carbocycles. The quantitative estimate of drug-likeness (QED) is 0.778. The van der Waals surface area contributed by atoms with Crippen LogP contribution in [-0.2, 0) is 4.79 Å². The molecule has 3 heteroatoms. The van der Waals surface area contributed by atoms with Crippen molar-refractivity contribution in [2.45, 2.75) is 40.0 Å². The van der Waals surface area contributed by atoms with Crippen molar-refractivity contribution in [1.29, 1.82) is 0 Å². The van der Waals surface area contributed by atoms with Gasteiger partial charge in [-0.25, -0.2) is 0 Å². The predicted octanol–water partition coefficient (Wildman–Crippen LogP) is 2.22. The third-order valence-electron chi connectivity index (χ3n) is 3.57. The van der Waals surface area contributed by atoms with Crippen LogP contribution in [0, 0.1) is 11.3 Å². The second-order valence-corrected chi connectivity index (χ2v) is 5.13. The Morgan fingerprint density at radius 3 is 2.27 bits per heavy atom. The molecule has 0 radical (unpaired) electrons. The number of aliphatic carboxylic acids is 1. The Balaban J connectivity index is 2.50. The number of likely N-dealkylation sites (tertiary alicyclic amines) is 1. The van der Waals surface area contributed by atoms with E-state index in [1.165, 1.54) is 0 Å². The smallest absolute Gasteiger partial charge is 0.309 e. The molecule has 0 aromatic rings. The van der Waals surface area contributed by atoms with Crippen LogP contribution < -0.4 is 0 Å². The third-order valence-corrected chi connectivity index (χ3v) is 3.57. The van der Waals surface area contributed by atoms with Crippen molar-refractivity contribution in [3.05, 3.63) is 0 Å². The predicted molar refractivity (Wildman–Crippen MR) is 60.9 cm³/mol. The van der Waals surface area contributed by atoms with Crippen molar-refractivity contribution in [3.8, 4) is 0 Å². The topological polar surface area (TPSA) is 40.5 Å². The summed E-state index contributed by atoms with van der Waals surface area (Å²) in [6.45, 7) is 9.39. The van der Waals surface area contributed by atoms with Gasteiger partial charge in [-0.1, -0.05) is 20.8 Å². The molecule has 0 amide bonds. The summed E-state index contributed by atoms with van der Waals surface area (Å²) in [5.74, 6) is 0.0677. The number of nitrogens with zero attached hydrogens (tertiary/aromatic N) is 1. The second kappa shape index (κ2) is 4.97. The van der Waals surface area contributed by atoms with Gasteiger partial charge in [0.05, 0.1) is 5.41 Å². The Morgan fingerprint density at radius 1 is 1.40 bits per heavy atom. The normalized spacial score (nSPS) is 21.9. The fourth-order valence-corrected chi connectivity index (χ4v) is 2.40. The zero-order valence-corrected chi connectivity index (χ0v) is 10.1. The van der Waals surface area contributed by atoms with Gasteiger partial charge in [0.2, 0.25) is 0 Å². The molecule has 88 valence electrons. The van der Waals surface area contributed by atoms with Crippen LogP contribution in [0.5, 0.6) is 0 Å². The zero-order valence-electron chi connectivity index (χ0n) is 10.1.